The van der Waals surface area contributed by atoms with Crippen molar-refractivity contribution in [3.05, 3.63) is 33.1 Å². The number of amides is 2. The van der Waals surface area contributed by atoms with E-state index >= 15 is 0 Å². The van der Waals surface area contributed by atoms with Gasteiger partial charge in [-0.05, 0) is 6.07 Å². The molecule has 0 atom stereocenters. The van der Waals surface area contributed by atoms with Crippen LogP contribution < -0.4 is 0 Å². The van der Waals surface area contributed by atoms with Crippen molar-refractivity contribution in [3.8, 4) is 0 Å². The van der Waals surface area contributed by atoms with Crippen molar-refractivity contribution in [2.24, 2.45) is 0 Å². The number of hydrogen-bond acceptors (Lipinski definition) is 5. The van der Waals surface area contributed by atoms with Crippen molar-refractivity contribution in [1.29, 1.82) is 0 Å². The van der Waals surface area contributed by atoms with Gasteiger partial charge in [0.25, 0.3) is 11.6 Å². The number of piperazine rings is 1. The minimum atomic E-state index is -0.700. The van der Waals surface area contributed by atoms with Crippen LogP contribution in [0.2, 0.25) is 5.15 Å². The zero-order valence-electron chi connectivity index (χ0n) is 10.6. The highest BCUT2D eigenvalue weighted by Crippen LogP contribution is 2.22. The number of halogens is 1. The first-order chi connectivity index (χ1) is 9.40. The number of hydrogen-bond donors (Lipinski definition) is 0. The van der Waals surface area contributed by atoms with Crippen molar-refractivity contribution in [3.63, 3.8) is 0 Å². The number of carbonyl (C=O) groups excluding carboxylic acids is 2. The fourth-order valence-electron chi connectivity index (χ4n) is 1.84. The molecule has 1 aliphatic rings. The van der Waals surface area contributed by atoms with Gasteiger partial charge in [0.15, 0.2) is 0 Å². The first kappa shape index (κ1) is 14.2. The molecule has 0 unspecified atom stereocenters. The van der Waals surface area contributed by atoms with Gasteiger partial charge in [-0.2, -0.15) is 0 Å². The Hall–Kier alpha value is -2.22. The molecule has 0 spiro atoms. The maximum atomic E-state index is 12.3. The molecule has 106 valence electrons. The predicted molar refractivity (Wildman–Crippen MR) is 69.4 cm³/mol. The van der Waals surface area contributed by atoms with Gasteiger partial charge in [0.05, 0.1) is 4.92 Å². The first-order valence-electron chi connectivity index (χ1n) is 5.73. The molecule has 1 aliphatic heterocycles. The molecule has 1 fully saturated rings. The van der Waals surface area contributed by atoms with E-state index < -0.39 is 16.5 Å². The van der Waals surface area contributed by atoms with Gasteiger partial charge in [-0.25, -0.2) is 4.98 Å². The molecule has 2 rings (SSSR count). The molecule has 0 N–H and O–H groups in total. The van der Waals surface area contributed by atoms with Gasteiger partial charge < -0.3 is 9.80 Å². The average molecular weight is 299 g/mol. The lowest BCUT2D eigenvalue weighted by Gasteiger charge is -2.31. The van der Waals surface area contributed by atoms with Crippen LogP contribution in [0, 0.1) is 10.1 Å². The van der Waals surface area contributed by atoms with Crippen molar-refractivity contribution < 1.29 is 14.5 Å². The first-order valence-corrected chi connectivity index (χ1v) is 6.11. The van der Waals surface area contributed by atoms with Gasteiger partial charge >= 0.3 is 0 Å². The Morgan fingerprint density at radius 2 is 2.20 bits per heavy atom. The van der Waals surface area contributed by atoms with Crippen LogP contribution in [-0.4, -0.2) is 58.2 Å². The quantitative estimate of drug-likeness (QED) is 0.451. The molecule has 8 nitrogen and oxygen atoms in total. The molecular formula is C11H11ClN4O4. The second-order valence-corrected chi connectivity index (χ2v) is 4.71. The molecule has 9 heteroatoms. The normalized spacial score (nSPS) is 15.4. The molecule has 2 heterocycles. The van der Waals surface area contributed by atoms with Gasteiger partial charge in [-0.3, -0.25) is 19.7 Å². The van der Waals surface area contributed by atoms with E-state index in [2.05, 4.69) is 4.98 Å². The third-order valence-corrected chi connectivity index (χ3v) is 3.23. The highest BCUT2D eigenvalue weighted by atomic mass is 35.5. The fourth-order valence-corrected chi connectivity index (χ4v) is 2.00. The lowest BCUT2D eigenvalue weighted by molar-refractivity contribution is -0.385. The van der Waals surface area contributed by atoms with Gasteiger partial charge in [0.1, 0.15) is 23.5 Å². The fraction of sp³-hybridized carbons (Fsp3) is 0.364. The molecular weight excluding hydrogens is 288 g/mol. The zero-order chi connectivity index (χ0) is 14.9. The Labute approximate surface area is 119 Å². The van der Waals surface area contributed by atoms with Crippen LogP contribution in [-0.2, 0) is 4.79 Å². The summed E-state index contributed by atoms with van der Waals surface area (Å²) >= 11 is 5.68. The van der Waals surface area contributed by atoms with Crippen LogP contribution in [0.1, 0.15) is 10.4 Å². The lowest BCUT2D eigenvalue weighted by Crippen LogP contribution is -2.50. The van der Waals surface area contributed by atoms with Crippen LogP contribution >= 0.6 is 11.6 Å². The Morgan fingerprint density at radius 3 is 2.80 bits per heavy atom. The van der Waals surface area contributed by atoms with Crippen molar-refractivity contribution in [1.82, 2.24) is 14.8 Å². The summed E-state index contributed by atoms with van der Waals surface area (Å²) < 4.78 is 0. The van der Waals surface area contributed by atoms with E-state index in [1.54, 1.807) is 7.05 Å². The number of pyridine rings is 1. The smallest absolute Gasteiger partial charge is 0.300 e. The van der Waals surface area contributed by atoms with Crippen LogP contribution in [0.5, 0.6) is 0 Å². The van der Waals surface area contributed by atoms with Crippen LogP contribution in [0.3, 0.4) is 0 Å². The molecule has 1 aromatic heterocycles. The van der Waals surface area contributed by atoms with Crippen LogP contribution in [0.15, 0.2) is 12.3 Å². The van der Waals surface area contributed by atoms with E-state index in [0.717, 1.165) is 12.3 Å². The number of rotatable bonds is 2. The monoisotopic (exact) mass is 298 g/mol. The molecule has 2 amide bonds. The van der Waals surface area contributed by atoms with Gasteiger partial charge in [0, 0.05) is 20.1 Å². The van der Waals surface area contributed by atoms with E-state index in [-0.39, 0.29) is 23.2 Å². The summed E-state index contributed by atoms with van der Waals surface area (Å²) in [6, 6.07) is 1.14. The second kappa shape index (κ2) is 5.41. The van der Waals surface area contributed by atoms with Gasteiger partial charge in [-0.1, -0.05) is 11.6 Å². The summed E-state index contributed by atoms with van der Waals surface area (Å²) in [5.74, 6) is -0.810. The molecule has 0 aliphatic carbocycles. The number of aromatic nitrogens is 1. The molecule has 1 saturated heterocycles. The van der Waals surface area contributed by atoms with E-state index in [4.69, 9.17) is 11.6 Å². The lowest BCUT2D eigenvalue weighted by atomic mass is 10.2. The Morgan fingerprint density at radius 1 is 1.50 bits per heavy atom. The Kier molecular flexibility index (Phi) is 3.84. The summed E-state index contributed by atoms with van der Waals surface area (Å²) in [6.07, 6.45) is 0.938. The summed E-state index contributed by atoms with van der Waals surface area (Å²) in [6.45, 7) is 0.599. The predicted octanol–water partition coefficient (Wildman–Crippen LogP) is 0.557. The van der Waals surface area contributed by atoms with Crippen molar-refractivity contribution >= 4 is 29.1 Å². The van der Waals surface area contributed by atoms with E-state index in [1.165, 1.54) is 9.80 Å². The van der Waals surface area contributed by atoms with Crippen LogP contribution in [0.25, 0.3) is 0 Å². The van der Waals surface area contributed by atoms with Crippen molar-refractivity contribution in [2.75, 3.05) is 26.7 Å². The van der Waals surface area contributed by atoms with Gasteiger partial charge in [0.2, 0.25) is 5.91 Å². The van der Waals surface area contributed by atoms with Gasteiger partial charge in [-0.15, -0.1) is 0 Å². The zero-order valence-corrected chi connectivity index (χ0v) is 11.3. The molecule has 1 aromatic rings. The maximum absolute atomic E-state index is 12.3. The van der Waals surface area contributed by atoms with E-state index in [9.17, 15) is 19.7 Å². The number of nitrogens with zero attached hydrogens (tertiary/aromatic N) is 4. The summed E-state index contributed by atoms with van der Waals surface area (Å²) in [4.78, 5) is 40.4. The minimum Gasteiger partial charge on any atom is -0.342 e. The number of carbonyl (C=O) groups is 2. The highest BCUT2D eigenvalue weighted by molar-refractivity contribution is 6.29. The minimum absolute atomic E-state index is 0.0144. The summed E-state index contributed by atoms with van der Waals surface area (Å²) in [5, 5.41) is 10.9. The third-order valence-electron chi connectivity index (χ3n) is 3.02. The average Bonchev–Trinajstić information content (AvgIpc) is 2.40. The Balaban J connectivity index is 2.31. The topological polar surface area (TPSA) is 96.7 Å². The Bertz CT molecular complexity index is 592. The summed E-state index contributed by atoms with van der Waals surface area (Å²) in [7, 11) is 1.63. The van der Waals surface area contributed by atoms with Crippen LogP contribution in [0.4, 0.5) is 5.69 Å². The SMILES string of the molecule is CN1CCN(C(=O)c2cc(Cl)ncc2[N+](=O)[O-])CC1=O. The number of nitro groups is 1. The van der Waals surface area contributed by atoms with E-state index in [0.29, 0.717) is 13.1 Å². The van der Waals surface area contributed by atoms with E-state index in [1.807, 2.05) is 0 Å². The molecule has 0 aromatic carbocycles. The highest BCUT2D eigenvalue weighted by Gasteiger charge is 2.30. The molecule has 0 saturated carbocycles. The molecule has 0 radical (unpaired) electrons. The largest absolute Gasteiger partial charge is 0.342 e. The maximum Gasteiger partial charge on any atom is 0.300 e. The molecule has 0 bridgehead atoms. The second-order valence-electron chi connectivity index (χ2n) is 4.32. The van der Waals surface area contributed by atoms with Crippen molar-refractivity contribution in [2.45, 2.75) is 0 Å². The summed E-state index contributed by atoms with van der Waals surface area (Å²) in [5.41, 5.74) is -0.585. The third kappa shape index (κ3) is 2.69. The number of likely N-dealkylation sites (N-methyl/N-ethyl adjacent to an activating group) is 1. The standard InChI is InChI=1S/C11H11ClN4O4/c1-14-2-3-15(6-10(14)17)11(18)7-4-9(12)13-5-8(7)16(19)20/h4-5H,2-3,6H2,1H3. The molecule has 20 heavy (non-hydrogen) atoms.